The van der Waals surface area contributed by atoms with Gasteiger partial charge in [0.1, 0.15) is 0 Å². The molecule has 0 N–H and O–H groups in total. The second kappa shape index (κ2) is 7.90. The Balaban J connectivity index is 1.64. The third-order valence-electron chi connectivity index (χ3n) is 4.98. The van der Waals surface area contributed by atoms with Gasteiger partial charge in [-0.15, -0.1) is 0 Å². The summed E-state index contributed by atoms with van der Waals surface area (Å²) in [5.41, 5.74) is 2.23. The lowest BCUT2D eigenvalue weighted by molar-refractivity contribution is -0.134. The summed E-state index contributed by atoms with van der Waals surface area (Å²) in [5, 5.41) is 1.03. The second-order valence-corrected chi connectivity index (χ2v) is 7.71. The van der Waals surface area contributed by atoms with Gasteiger partial charge < -0.3 is 4.90 Å². The Morgan fingerprint density at radius 3 is 2.75 bits per heavy atom. The third-order valence-corrected chi connectivity index (χ3v) is 5.72. The lowest BCUT2D eigenvalue weighted by Crippen LogP contribution is -2.49. The Morgan fingerprint density at radius 2 is 2.04 bits per heavy atom. The van der Waals surface area contributed by atoms with E-state index in [0.717, 1.165) is 51.0 Å². The first kappa shape index (κ1) is 17.8. The first-order chi connectivity index (χ1) is 11.5. The van der Waals surface area contributed by atoms with E-state index in [1.165, 1.54) is 12.0 Å². The summed E-state index contributed by atoms with van der Waals surface area (Å²) in [6.07, 6.45) is 4.87. The van der Waals surface area contributed by atoms with Crippen LogP contribution in [0.1, 0.15) is 31.2 Å². The van der Waals surface area contributed by atoms with E-state index in [0.29, 0.717) is 22.5 Å². The van der Waals surface area contributed by atoms with Gasteiger partial charge in [-0.3, -0.25) is 9.69 Å². The highest BCUT2D eigenvalue weighted by Crippen LogP contribution is 2.25. The molecule has 1 aromatic rings. The number of rotatable bonds is 4. The molecule has 2 fully saturated rings. The Kier molecular flexibility index (Phi) is 5.85. The molecule has 2 aliphatic rings. The Bertz CT molecular complexity index is 632. The summed E-state index contributed by atoms with van der Waals surface area (Å²) >= 11 is 12.0. The molecule has 2 aliphatic heterocycles. The number of amides is 1. The largest absolute Gasteiger partial charge is 0.338 e. The predicted octanol–water partition coefficient (Wildman–Crippen LogP) is 4.18. The van der Waals surface area contributed by atoms with Crippen LogP contribution in [0.3, 0.4) is 0 Å². The van der Waals surface area contributed by atoms with Crippen molar-refractivity contribution in [2.24, 2.45) is 0 Å². The van der Waals surface area contributed by atoms with Crippen LogP contribution in [0.2, 0.25) is 10.0 Å². The summed E-state index contributed by atoms with van der Waals surface area (Å²) in [7, 11) is 0. The predicted molar refractivity (Wildman–Crippen MR) is 99.7 cm³/mol. The Hall–Kier alpha value is -1.03. The number of hydrogen-bond acceptors (Lipinski definition) is 2. The van der Waals surface area contributed by atoms with E-state index in [2.05, 4.69) is 16.4 Å². The van der Waals surface area contributed by atoms with Crippen molar-refractivity contribution >= 4 is 29.1 Å². The van der Waals surface area contributed by atoms with E-state index in [1.807, 2.05) is 6.07 Å². The molecule has 0 aliphatic carbocycles. The van der Waals surface area contributed by atoms with Gasteiger partial charge in [0.25, 0.3) is 0 Å². The molecule has 0 aromatic heterocycles. The Morgan fingerprint density at radius 1 is 1.21 bits per heavy atom. The molecule has 1 unspecified atom stereocenters. The molecule has 3 rings (SSSR count). The van der Waals surface area contributed by atoms with E-state index in [-0.39, 0.29) is 5.91 Å². The van der Waals surface area contributed by atoms with Gasteiger partial charge in [-0.1, -0.05) is 41.4 Å². The smallest absolute Gasteiger partial charge is 0.227 e. The van der Waals surface area contributed by atoms with Gasteiger partial charge in [0.05, 0.1) is 16.5 Å². The van der Waals surface area contributed by atoms with Crippen LogP contribution in [0.5, 0.6) is 0 Å². The fourth-order valence-electron chi connectivity index (χ4n) is 3.69. The minimum atomic E-state index is 0.191. The number of nitrogens with zero attached hydrogens (tertiary/aromatic N) is 2. The van der Waals surface area contributed by atoms with Gasteiger partial charge in [0, 0.05) is 32.2 Å². The standard InChI is InChI=1S/C19H24Cl2N2O/c1-14-7-9-22(12-14)13-16-4-2-3-8-23(16)19(24)11-15-5-6-17(20)18(21)10-15/h5-6,10,16H,1-4,7-9,11-13H2. The first-order valence-corrected chi connectivity index (χ1v) is 9.41. The minimum Gasteiger partial charge on any atom is -0.338 e. The number of carbonyl (C=O) groups is 1. The summed E-state index contributed by atoms with van der Waals surface area (Å²) in [6.45, 7) is 7.95. The molecule has 24 heavy (non-hydrogen) atoms. The van der Waals surface area contributed by atoms with E-state index in [4.69, 9.17) is 23.2 Å². The van der Waals surface area contributed by atoms with E-state index >= 15 is 0 Å². The molecule has 2 saturated heterocycles. The Labute approximate surface area is 154 Å². The maximum Gasteiger partial charge on any atom is 0.227 e. The topological polar surface area (TPSA) is 23.6 Å². The maximum atomic E-state index is 12.8. The molecule has 1 atom stereocenters. The second-order valence-electron chi connectivity index (χ2n) is 6.90. The van der Waals surface area contributed by atoms with Crippen LogP contribution in [0.15, 0.2) is 30.4 Å². The van der Waals surface area contributed by atoms with Crippen molar-refractivity contribution in [1.82, 2.24) is 9.80 Å². The van der Waals surface area contributed by atoms with Crippen LogP contribution in [-0.2, 0) is 11.2 Å². The van der Waals surface area contributed by atoms with Gasteiger partial charge in [0.2, 0.25) is 5.91 Å². The zero-order valence-electron chi connectivity index (χ0n) is 13.9. The third kappa shape index (κ3) is 4.33. The van der Waals surface area contributed by atoms with Crippen molar-refractivity contribution in [3.05, 3.63) is 46.0 Å². The zero-order chi connectivity index (χ0) is 17.1. The van der Waals surface area contributed by atoms with Crippen molar-refractivity contribution in [2.75, 3.05) is 26.2 Å². The van der Waals surface area contributed by atoms with Crippen molar-refractivity contribution < 1.29 is 4.79 Å². The van der Waals surface area contributed by atoms with E-state index in [9.17, 15) is 4.79 Å². The summed E-state index contributed by atoms with van der Waals surface area (Å²) < 4.78 is 0. The van der Waals surface area contributed by atoms with Gasteiger partial charge in [0.15, 0.2) is 0 Å². The maximum absolute atomic E-state index is 12.8. The molecule has 0 spiro atoms. The van der Waals surface area contributed by atoms with Crippen LogP contribution in [0.25, 0.3) is 0 Å². The lowest BCUT2D eigenvalue weighted by Gasteiger charge is -2.38. The fraction of sp³-hybridized carbons (Fsp3) is 0.526. The van der Waals surface area contributed by atoms with Crippen molar-refractivity contribution in [2.45, 2.75) is 38.1 Å². The molecule has 0 radical (unpaired) electrons. The number of carbonyl (C=O) groups excluding carboxylic acids is 1. The van der Waals surface area contributed by atoms with Gasteiger partial charge in [-0.25, -0.2) is 0 Å². The molecular formula is C19H24Cl2N2O. The van der Waals surface area contributed by atoms with Gasteiger partial charge in [-0.05, 0) is 43.4 Å². The SMILES string of the molecule is C=C1CCN(CC2CCCCN2C(=O)Cc2ccc(Cl)c(Cl)c2)C1. The highest BCUT2D eigenvalue weighted by atomic mass is 35.5. The first-order valence-electron chi connectivity index (χ1n) is 8.65. The molecule has 2 heterocycles. The summed E-state index contributed by atoms with van der Waals surface area (Å²) in [4.78, 5) is 17.3. The summed E-state index contributed by atoms with van der Waals surface area (Å²) in [6, 6.07) is 5.76. The van der Waals surface area contributed by atoms with Crippen molar-refractivity contribution in [3.63, 3.8) is 0 Å². The zero-order valence-corrected chi connectivity index (χ0v) is 15.5. The minimum absolute atomic E-state index is 0.191. The number of halogens is 2. The normalized spacial score (nSPS) is 22.2. The fourth-order valence-corrected chi connectivity index (χ4v) is 4.01. The van der Waals surface area contributed by atoms with Crippen LogP contribution in [0.4, 0.5) is 0 Å². The molecule has 3 nitrogen and oxygen atoms in total. The lowest BCUT2D eigenvalue weighted by atomic mass is 10.00. The monoisotopic (exact) mass is 366 g/mol. The average molecular weight is 367 g/mol. The number of hydrogen-bond donors (Lipinski definition) is 0. The van der Waals surface area contributed by atoms with Crippen LogP contribution < -0.4 is 0 Å². The van der Waals surface area contributed by atoms with Crippen molar-refractivity contribution in [1.29, 1.82) is 0 Å². The van der Waals surface area contributed by atoms with Crippen molar-refractivity contribution in [3.8, 4) is 0 Å². The number of piperidine rings is 1. The van der Waals surface area contributed by atoms with Crippen LogP contribution in [0, 0.1) is 0 Å². The van der Waals surface area contributed by atoms with Crippen LogP contribution in [-0.4, -0.2) is 47.9 Å². The van der Waals surface area contributed by atoms with Gasteiger partial charge >= 0.3 is 0 Å². The number of likely N-dealkylation sites (tertiary alicyclic amines) is 2. The molecular weight excluding hydrogens is 343 g/mol. The van der Waals surface area contributed by atoms with E-state index < -0.39 is 0 Å². The number of benzene rings is 1. The highest BCUT2D eigenvalue weighted by Gasteiger charge is 2.29. The average Bonchev–Trinajstić information content (AvgIpc) is 2.96. The molecule has 1 aromatic carbocycles. The summed E-state index contributed by atoms with van der Waals surface area (Å²) in [5.74, 6) is 0.191. The van der Waals surface area contributed by atoms with Crippen LogP contribution >= 0.6 is 23.2 Å². The molecule has 0 saturated carbocycles. The molecule has 0 bridgehead atoms. The van der Waals surface area contributed by atoms with E-state index in [1.54, 1.807) is 12.1 Å². The molecule has 5 heteroatoms. The van der Waals surface area contributed by atoms with Gasteiger partial charge in [-0.2, -0.15) is 0 Å². The molecule has 1 amide bonds. The molecule has 130 valence electrons. The quantitative estimate of drug-likeness (QED) is 0.746. The highest BCUT2D eigenvalue weighted by molar-refractivity contribution is 6.42.